The standard InChI is InChI=1S/C19H21FN2O2/c1-19(2,3)22-18(24)15-8-6-14(7-9-15)17(23)21-12-13-4-10-16(20)11-5-13/h4-11H,12H2,1-3H3,(H,21,23)(H,22,24). The van der Waals surface area contributed by atoms with Crippen molar-refractivity contribution < 1.29 is 14.0 Å². The van der Waals surface area contributed by atoms with E-state index in [1.807, 2.05) is 20.8 Å². The monoisotopic (exact) mass is 328 g/mol. The van der Waals surface area contributed by atoms with Crippen LogP contribution in [0.5, 0.6) is 0 Å². The summed E-state index contributed by atoms with van der Waals surface area (Å²) in [7, 11) is 0. The lowest BCUT2D eigenvalue weighted by molar-refractivity contribution is 0.0915. The van der Waals surface area contributed by atoms with Gasteiger partial charge in [0, 0.05) is 23.2 Å². The number of halogens is 1. The number of hydrogen-bond acceptors (Lipinski definition) is 2. The van der Waals surface area contributed by atoms with E-state index in [-0.39, 0.29) is 23.2 Å². The van der Waals surface area contributed by atoms with Crippen LogP contribution < -0.4 is 10.6 Å². The summed E-state index contributed by atoms with van der Waals surface area (Å²) in [4.78, 5) is 24.1. The minimum Gasteiger partial charge on any atom is -0.348 e. The van der Waals surface area contributed by atoms with Gasteiger partial charge in [0.05, 0.1) is 0 Å². The maximum atomic E-state index is 12.8. The second-order valence-electron chi connectivity index (χ2n) is 6.59. The van der Waals surface area contributed by atoms with Gasteiger partial charge in [-0.05, 0) is 62.7 Å². The lowest BCUT2D eigenvalue weighted by Gasteiger charge is -2.20. The van der Waals surface area contributed by atoms with Crippen LogP contribution in [0.2, 0.25) is 0 Å². The summed E-state index contributed by atoms with van der Waals surface area (Å²) in [5.74, 6) is -0.739. The van der Waals surface area contributed by atoms with Crippen LogP contribution in [0, 0.1) is 5.82 Å². The van der Waals surface area contributed by atoms with E-state index in [1.54, 1.807) is 36.4 Å². The summed E-state index contributed by atoms with van der Waals surface area (Å²) in [6.07, 6.45) is 0. The Hall–Kier alpha value is -2.69. The minimum atomic E-state index is -0.317. The first-order valence-corrected chi connectivity index (χ1v) is 7.70. The average Bonchev–Trinajstić information content (AvgIpc) is 2.52. The second-order valence-corrected chi connectivity index (χ2v) is 6.59. The van der Waals surface area contributed by atoms with E-state index >= 15 is 0 Å². The number of amides is 2. The maximum Gasteiger partial charge on any atom is 0.251 e. The topological polar surface area (TPSA) is 58.2 Å². The van der Waals surface area contributed by atoms with Crippen molar-refractivity contribution in [3.05, 3.63) is 71.0 Å². The van der Waals surface area contributed by atoms with Gasteiger partial charge in [-0.2, -0.15) is 0 Å². The van der Waals surface area contributed by atoms with Gasteiger partial charge in [-0.15, -0.1) is 0 Å². The Bertz CT molecular complexity index is 717. The third-order valence-electron chi connectivity index (χ3n) is 3.26. The summed E-state index contributed by atoms with van der Waals surface area (Å²) >= 11 is 0. The van der Waals surface area contributed by atoms with Crippen LogP contribution in [0.15, 0.2) is 48.5 Å². The molecule has 2 N–H and O–H groups in total. The lowest BCUT2D eigenvalue weighted by Crippen LogP contribution is -2.40. The van der Waals surface area contributed by atoms with Gasteiger partial charge >= 0.3 is 0 Å². The molecule has 0 heterocycles. The normalized spacial score (nSPS) is 11.0. The third kappa shape index (κ3) is 5.19. The molecule has 0 aromatic heterocycles. The van der Waals surface area contributed by atoms with Crippen LogP contribution >= 0.6 is 0 Å². The molecule has 0 unspecified atom stereocenters. The first kappa shape index (κ1) is 17.7. The molecule has 0 aliphatic rings. The molecule has 0 radical (unpaired) electrons. The summed E-state index contributed by atoms with van der Waals surface area (Å²) in [5.41, 5.74) is 1.46. The van der Waals surface area contributed by atoms with Crippen molar-refractivity contribution in [2.45, 2.75) is 32.9 Å². The number of hydrogen-bond donors (Lipinski definition) is 2. The first-order chi connectivity index (χ1) is 11.2. The maximum absolute atomic E-state index is 12.8. The Morgan fingerprint density at radius 2 is 1.38 bits per heavy atom. The van der Waals surface area contributed by atoms with E-state index in [1.165, 1.54) is 12.1 Å². The highest BCUT2D eigenvalue weighted by Gasteiger charge is 2.15. The fraction of sp³-hybridized carbons (Fsp3) is 0.263. The highest BCUT2D eigenvalue weighted by atomic mass is 19.1. The molecule has 0 atom stereocenters. The number of nitrogens with one attached hydrogen (secondary N) is 2. The molecule has 0 aliphatic carbocycles. The number of carbonyl (C=O) groups is 2. The SMILES string of the molecule is CC(C)(C)NC(=O)c1ccc(C(=O)NCc2ccc(F)cc2)cc1. The lowest BCUT2D eigenvalue weighted by atomic mass is 10.1. The van der Waals surface area contributed by atoms with Crippen LogP contribution in [0.3, 0.4) is 0 Å². The zero-order valence-corrected chi connectivity index (χ0v) is 14.0. The zero-order chi connectivity index (χ0) is 17.7. The molecular weight excluding hydrogens is 307 g/mol. The molecule has 0 saturated carbocycles. The molecule has 2 rings (SSSR count). The van der Waals surface area contributed by atoms with Gasteiger partial charge < -0.3 is 10.6 Å². The fourth-order valence-corrected chi connectivity index (χ4v) is 2.07. The summed E-state index contributed by atoms with van der Waals surface area (Å²) < 4.78 is 12.8. The van der Waals surface area contributed by atoms with Gasteiger partial charge in [-0.3, -0.25) is 9.59 Å². The molecule has 2 aromatic carbocycles. The van der Waals surface area contributed by atoms with Gasteiger partial charge in [0.2, 0.25) is 0 Å². The van der Waals surface area contributed by atoms with Gasteiger partial charge in [-0.1, -0.05) is 12.1 Å². The Morgan fingerprint density at radius 1 is 0.875 bits per heavy atom. The van der Waals surface area contributed by atoms with Crippen LogP contribution in [-0.4, -0.2) is 17.4 Å². The second kappa shape index (κ2) is 7.25. The van der Waals surface area contributed by atoms with Crippen LogP contribution in [0.25, 0.3) is 0 Å². The van der Waals surface area contributed by atoms with Crippen molar-refractivity contribution >= 4 is 11.8 Å². The van der Waals surface area contributed by atoms with Crippen molar-refractivity contribution in [3.63, 3.8) is 0 Å². The van der Waals surface area contributed by atoms with E-state index in [0.29, 0.717) is 17.7 Å². The largest absolute Gasteiger partial charge is 0.348 e. The molecular formula is C19H21FN2O2. The Morgan fingerprint density at radius 3 is 1.88 bits per heavy atom. The molecule has 0 fully saturated rings. The summed E-state index contributed by atoms with van der Waals surface area (Å²) in [5, 5.41) is 5.62. The van der Waals surface area contributed by atoms with Crippen LogP contribution in [0.1, 0.15) is 47.1 Å². The predicted molar refractivity (Wildman–Crippen MR) is 91.2 cm³/mol. The van der Waals surface area contributed by atoms with Gasteiger partial charge in [0.15, 0.2) is 0 Å². The van der Waals surface area contributed by atoms with Crippen LogP contribution in [0.4, 0.5) is 4.39 Å². The minimum absolute atomic E-state index is 0.180. The number of rotatable bonds is 4. The van der Waals surface area contributed by atoms with Gasteiger partial charge in [-0.25, -0.2) is 4.39 Å². The van der Waals surface area contributed by atoms with E-state index < -0.39 is 0 Å². The smallest absolute Gasteiger partial charge is 0.251 e. The van der Waals surface area contributed by atoms with E-state index in [0.717, 1.165) is 5.56 Å². The number of carbonyl (C=O) groups excluding carboxylic acids is 2. The Labute approximate surface area is 141 Å². The van der Waals surface area contributed by atoms with Crippen molar-refractivity contribution in [3.8, 4) is 0 Å². The van der Waals surface area contributed by atoms with Crippen molar-refractivity contribution in [1.82, 2.24) is 10.6 Å². The third-order valence-corrected chi connectivity index (χ3v) is 3.26. The van der Waals surface area contributed by atoms with Gasteiger partial charge in [0.25, 0.3) is 11.8 Å². The Balaban J connectivity index is 1.95. The molecule has 126 valence electrons. The molecule has 5 heteroatoms. The van der Waals surface area contributed by atoms with Gasteiger partial charge in [0.1, 0.15) is 5.82 Å². The zero-order valence-electron chi connectivity index (χ0n) is 14.0. The molecule has 0 saturated heterocycles. The Kier molecular flexibility index (Phi) is 5.34. The predicted octanol–water partition coefficient (Wildman–Crippen LogP) is 3.28. The highest BCUT2D eigenvalue weighted by molar-refractivity contribution is 5.98. The highest BCUT2D eigenvalue weighted by Crippen LogP contribution is 2.08. The van der Waals surface area contributed by atoms with Crippen molar-refractivity contribution in [2.75, 3.05) is 0 Å². The molecule has 24 heavy (non-hydrogen) atoms. The van der Waals surface area contributed by atoms with E-state index in [9.17, 15) is 14.0 Å². The molecule has 0 bridgehead atoms. The quantitative estimate of drug-likeness (QED) is 0.905. The average molecular weight is 328 g/mol. The molecule has 4 nitrogen and oxygen atoms in total. The van der Waals surface area contributed by atoms with Crippen LogP contribution in [-0.2, 0) is 6.54 Å². The molecule has 2 aromatic rings. The molecule has 0 spiro atoms. The van der Waals surface area contributed by atoms with Crippen molar-refractivity contribution in [2.24, 2.45) is 0 Å². The fourth-order valence-electron chi connectivity index (χ4n) is 2.07. The van der Waals surface area contributed by atoms with E-state index in [4.69, 9.17) is 0 Å². The van der Waals surface area contributed by atoms with E-state index in [2.05, 4.69) is 10.6 Å². The summed E-state index contributed by atoms with van der Waals surface area (Å²) in [6.45, 7) is 6.03. The molecule has 2 amide bonds. The first-order valence-electron chi connectivity index (χ1n) is 7.70. The van der Waals surface area contributed by atoms with Crippen molar-refractivity contribution in [1.29, 1.82) is 0 Å². The summed E-state index contributed by atoms with van der Waals surface area (Å²) in [6, 6.07) is 12.4. The molecule has 0 aliphatic heterocycles. The number of benzene rings is 2.